The molecular formula is C22H19F11O8. The standard InChI is InChI=1S/C22H19F11O8/c1-11(2)15(35)38-10-9-37-13-7-5-12(6-8-13)14(34)17(3,4)39-16(36)18(23,24)40-21(30,31)22(32,33)41-20(28,29)19(25,26)27/h5-8H,1,9-10H2,2-4H3. The number of Topliss-reactive ketones (excluding diaryl/α,β-unsaturated/α-hetero) is 1. The second-order valence-electron chi connectivity index (χ2n) is 8.29. The van der Waals surface area contributed by atoms with Crippen LogP contribution in [0, 0.1) is 0 Å². The summed E-state index contributed by atoms with van der Waals surface area (Å²) in [6.45, 7) is 5.74. The van der Waals surface area contributed by atoms with Crippen LogP contribution < -0.4 is 4.74 Å². The van der Waals surface area contributed by atoms with E-state index in [1.165, 1.54) is 6.92 Å². The summed E-state index contributed by atoms with van der Waals surface area (Å²) < 4.78 is 160. The minimum Gasteiger partial charge on any atom is -0.490 e. The first-order chi connectivity index (χ1) is 18.3. The van der Waals surface area contributed by atoms with Crippen LogP contribution in [-0.2, 0) is 28.5 Å². The minimum atomic E-state index is -7.06. The third-order valence-corrected chi connectivity index (χ3v) is 4.36. The van der Waals surface area contributed by atoms with Crippen molar-refractivity contribution in [1.29, 1.82) is 0 Å². The molecule has 0 aliphatic rings. The average molecular weight is 620 g/mol. The topological polar surface area (TPSA) is 97.4 Å². The van der Waals surface area contributed by atoms with Crippen molar-refractivity contribution in [2.75, 3.05) is 13.2 Å². The normalized spacial score (nSPS) is 13.4. The van der Waals surface area contributed by atoms with Crippen LogP contribution in [0.15, 0.2) is 36.4 Å². The molecule has 0 bridgehead atoms. The lowest BCUT2D eigenvalue weighted by Crippen LogP contribution is -2.56. The molecule has 41 heavy (non-hydrogen) atoms. The van der Waals surface area contributed by atoms with Crippen LogP contribution >= 0.6 is 0 Å². The van der Waals surface area contributed by atoms with Gasteiger partial charge in [0.25, 0.3) is 0 Å². The Balaban J connectivity index is 2.91. The summed E-state index contributed by atoms with van der Waals surface area (Å²) in [5, 5.41) is 0. The van der Waals surface area contributed by atoms with Crippen LogP contribution in [-0.4, -0.2) is 67.1 Å². The lowest BCUT2D eigenvalue weighted by Gasteiger charge is -2.32. The molecule has 19 heteroatoms. The van der Waals surface area contributed by atoms with E-state index in [9.17, 15) is 62.7 Å². The second kappa shape index (κ2) is 12.2. The Morgan fingerprint density at radius 3 is 1.71 bits per heavy atom. The Bertz CT molecular complexity index is 1130. The van der Waals surface area contributed by atoms with E-state index in [-0.39, 0.29) is 30.1 Å². The fraction of sp³-hybridized carbons (Fsp3) is 0.500. The maximum Gasteiger partial charge on any atom is 0.483 e. The van der Waals surface area contributed by atoms with E-state index in [2.05, 4.69) is 16.1 Å². The molecule has 0 saturated heterocycles. The van der Waals surface area contributed by atoms with Crippen molar-refractivity contribution in [3.63, 3.8) is 0 Å². The number of carbonyl (C=O) groups excluding carboxylic acids is 3. The summed E-state index contributed by atoms with van der Waals surface area (Å²) in [7, 11) is 0. The van der Waals surface area contributed by atoms with Crippen LogP contribution in [0.25, 0.3) is 0 Å². The van der Waals surface area contributed by atoms with Gasteiger partial charge in [-0.25, -0.2) is 19.1 Å². The average Bonchev–Trinajstić information content (AvgIpc) is 2.79. The van der Waals surface area contributed by atoms with Crippen molar-refractivity contribution in [2.45, 2.75) is 57.0 Å². The quantitative estimate of drug-likeness (QED) is 0.0866. The van der Waals surface area contributed by atoms with Gasteiger partial charge in [-0.2, -0.15) is 48.3 Å². The van der Waals surface area contributed by atoms with Gasteiger partial charge >= 0.3 is 42.5 Å². The Kier molecular flexibility index (Phi) is 10.6. The SMILES string of the molecule is C=C(C)C(=O)OCCOc1ccc(C(=O)C(C)(C)OC(=O)C(F)(F)OC(F)(F)C(F)(F)OC(F)(F)C(F)(F)F)cc1. The molecule has 0 fully saturated rings. The van der Waals surface area contributed by atoms with Crippen molar-refractivity contribution >= 4 is 17.7 Å². The van der Waals surface area contributed by atoms with Crippen molar-refractivity contribution in [2.24, 2.45) is 0 Å². The third-order valence-electron chi connectivity index (χ3n) is 4.36. The van der Waals surface area contributed by atoms with E-state index in [1.54, 1.807) is 4.74 Å². The molecule has 1 rings (SSSR count). The molecule has 0 amide bonds. The summed E-state index contributed by atoms with van der Waals surface area (Å²) in [4.78, 5) is 35.5. The number of halogens is 11. The van der Waals surface area contributed by atoms with Gasteiger partial charge in [-0.15, -0.1) is 0 Å². The third kappa shape index (κ3) is 9.27. The number of benzene rings is 1. The molecule has 0 unspecified atom stereocenters. The van der Waals surface area contributed by atoms with Crippen LogP contribution in [0.5, 0.6) is 5.75 Å². The molecule has 0 atom stereocenters. The number of esters is 2. The molecule has 1 aromatic rings. The zero-order valence-electron chi connectivity index (χ0n) is 20.9. The first-order valence-corrected chi connectivity index (χ1v) is 10.6. The van der Waals surface area contributed by atoms with Gasteiger partial charge in [0, 0.05) is 11.1 Å². The molecule has 0 aromatic heterocycles. The molecule has 0 N–H and O–H groups in total. The summed E-state index contributed by atoms with van der Waals surface area (Å²) in [5.41, 5.74) is -2.86. The zero-order chi connectivity index (χ0) is 32.2. The monoisotopic (exact) mass is 620 g/mol. The van der Waals surface area contributed by atoms with Gasteiger partial charge < -0.3 is 14.2 Å². The van der Waals surface area contributed by atoms with E-state index in [4.69, 9.17) is 9.47 Å². The maximum atomic E-state index is 13.9. The van der Waals surface area contributed by atoms with Gasteiger partial charge in [0.15, 0.2) is 5.60 Å². The highest BCUT2D eigenvalue weighted by Gasteiger charge is 2.73. The smallest absolute Gasteiger partial charge is 0.483 e. The fourth-order valence-corrected chi connectivity index (χ4v) is 2.35. The van der Waals surface area contributed by atoms with Crippen molar-refractivity contribution < 1.29 is 86.4 Å². The van der Waals surface area contributed by atoms with Gasteiger partial charge in [-0.1, -0.05) is 6.58 Å². The molecule has 0 aliphatic heterocycles. The zero-order valence-corrected chi connectivity index (χ0v) is 20.9. The molecule has 232 valence electrons. The Labute approximate surface area is 222 Å². The molecular weight excluding hydrogens is 601 g/mol. The van der Waals surface area contributed by atoms with Gasteiger partial charge in [-0.05, 0) is 45.0 Å². The summed E-state index contributed by atoms with van der Waals surface area (Å²) in [5.74, 6) is -5.08. The number of hydrogen-bond donors (Lipinski definition) is 0. The lowest BCUT2D eigenvalue weighted by molar-refractivity contribution is -0.532. The number of hydrogen-bond acceptors (Lipinski definition) is 8. The van der Waals surface area contributed by atoms with Crippen molar-refractivity contribution in [3.05, 3.63) is 42.0 Å². The van der Waals surface area contributed by atoms with Gasteiger partial charge in [0.1, 0.15) is 19.0 Å². The van der Waals surface area contributed by atoms with Gasteiger partial charge in [0.2, 0.25) is 5.78 Å². The molecule has 0 saturated carbocycles. The van der Waals surface area contributed by atoms with Crippen molar-refractivity contribution in [3.8, 4) is 5.75 Å². The fourth-order valence-electron chi connectivity index (χ4n) is 2.35. The number of ketones is 1. The predicted molar refractivity (Wildman–Crippen MR) is 110 cm³/mol. The number of alkyl halides is 11. The molecule has 0 aliphatic carbocycles. The first-order valence-electron chi connectivity index (χ1n) is 10.6. The van der Waals surface area contributed by atoms with Crippen LogP contribution in [0.1, 0.15) is 31.1 Å². The predicted octanol–water partition coefficient (Wildman–Crippen LogP) is 5.66. The van der Waals surface area contributed by atoms with E-state index < -0.39 is 53.9 Å². The molecule has 0 heterocycles. The first kappa shape index (κ1) is 35.5. The largest absolute Gasteiger partial charge is 0.490 e. The number of rotatable bonds is 14. The van der Waals surface area contributed by atoms with E-state index >= 15 is 0 Å². The van der Waals surface area contributed by atoms with E-state index in [0.29, 0.717) is 13.8 Å². The Hall–Kier alpha value is -3.48. The number of ether oxygens (including phenoxy) is 5. The Morgan fingerprint density at radius 2 is 1.24 bits per heavy atom. The maximum absolute atomic E-state index is 13.9. The molecule has 0 radical (unpaired) electrons. The number of carbonyl (C=O) groups is 3. The van der Waals surface area contributed by atoms with Gasteiger partial charge in [-0.3, -0.25) is 4.79 Å². The van der Waals surface area contributed by atoms with Crippen LogP contribution in [0.3, 0.4) is 0 Å². The van der Waals surface area contributed by atoms with Gasteiger partial charge in [0.05, 0.1) is 0 Å². The highest BCUT2D eigenvalue weighted by atomic mass is 19.4. The summed E-state index contributed by atoms with van der Waals surface area (Å²) >= 11 is 0. The molecule has 8 nitrogen and oxygen atoms in total. The van der Waals surface area contributed by atoms with Crippen molar-refractivity contribution in [1.82, 2.24) is 0 Å². The highest BCUT2D eigenvalue weighted by Crippen LogP contribution is 2.47. The van der Waals surface area contributed by atoms with Crippen LogP contribution in [0.4, 0.5) is 48.3 Å². The van der Waals surface area contributed by atoms with E-state index in [0.717, 1.165) is 24.3 Å². The second-order valence-corrected chi connectivity index (χ2v) is 8.29. The van der Waals surface area contributed by atoms with E-state index in [1.807, 2.05) is 0 Å². The Morgan fingerprint density at radius 1 is 0.756 bits per heavy atom. The highest BCUT2D eigenvalue weighted by molar-refractivity contribution is 6.03. The summed E-state index contributed by atoms with van der Waals surface area (Å²) in [6.07, 6.45) is -34.1. The lowest BCUT2D eigenvalue weighted by atomic mass is 9.96. The summed E-state index contributed by atoms with van der Waals surface area (Å²) in [6, 6.07) is 4.36. The molecule has 1 aromatic carbocycles. The minimum absolute atomic E-state index is 0.101. The molecule has 0 spiro atoms. The van der Waals surface area contributed by atoms with Crippen LogP contribution in [0.2, 0.25) is 0 Å².